The molecule has 5 heteroatoms. The van der Waals surface area contributed by atoms with Gasteiger partial charge in [0.1, 0.15) is 0 Å². The maximum absolute atomic E-state index is 5.73. The van der Waals surface area contributed by atoms with Crippen LogP contribution in [0, 0.1) is 5.92 Å². The zero-order chi connectivity index (χ0) is 12.7. The lowest BCUT2D eigenvalue weighted by atomic mass is 9.97. The minimum Gasteiger partial charge on any atom is -0.381 e. The summed E-state index contributed by atoms with van der Waals surface area (Å²) in [4.78, 5) is 4.37. The van der Waals surface area contributed by atoms with Crippen LogP contribution in [-0.4, -0.2) is 29.9 Å². The molecule has 98 valence electrons. The lowest BCUT2D eigenvalue weighted by Gasteiger charge is -2.11. The Bertz CT molecular complexity index is 312. The fourth-order valence-electron chi connectivity index (χ4n) is 1.71. The minimum atomic E-state index is 0.170. The predicted molar refractivity (Wildman–Crippen MR) is 65.7 cm³/mol. The fraction of sp³-hybridized carbons (Fsp3) is 0.833. The summed E-state index contributed by atoms with van der Waals surface area (Å²) in [6.45, 7) is 8.18. The summed E-state index contributed by atoms with van der Waals surface area (Å²) in [5.41, 5.74) is 5.73. The molecule has 0 aliphatic heterocycles. The molecule has 0 aromatic carbocycles. The average molecular weight is 241 g/mol. The van der Waals surface area contributed by atoms with E-state index in [-0.39, 0.29) is 5.92 Å². The van der Waals surface area contributed by atoms with Crippen LogP contribution in [0.25, 0.3) is 0 Å². The first-order valence-electron chi connectivity index (χ1n) is 6.27. The molecule has 1 unspecified atom stereocenters. The molecule has 0 spiro atoms. The highest BCUT2D eigenvalue weighted by atomic mass is 16.5. The summed E-state index contributed by atoms with van der Waals surface area (Å²) in [5.74, 6) is 2.11. The summed E-state index contributed by atoms with van der Waals surface area (Å²) in [7, 11) is 0. The first-order valence-corrected chi connectivity index (χ1v) is 6.27. The molecule has 1 rings (SSSR count). The van der Waals surface area contributed by atoms with E-state index in [1.807, 2.05) is 6.92 Å². The fourth-order valence-corrected chi connectivity index (χ4v) is 1.71. The molecule has 1 aromatic rings. The van der Waals surface area contributed by atoms with Gasteiger partial charge in [-0.05, 0) is 19.3 Å². The van der Waals surface area contributed by atoms with E-state index >= 15 is 0 Å². The molecular weight excluding hydrogens is 218 g/mol. The lowest BCUT2D eigenvalue weighted by Crippen LogP contribution is -2.15. The van der Waals surface area contributed by atoms with Crippen LogP contribution in [0.15, 0.2) is 4.52 Å². The third-order valence-electron chi connectivity index (χ3n) is 2.55. The summed E-state index contributed by atoms with van der Waals surface area (Å²) >= 11 is 0. The number of hydrogen-bond acceptors (Lipinski definition) is 5. The van der Waals surface area contributed by atoms with Crippen LogP contribution >= 0.6 is 0 Å². The molecule has 2 N–H and O–H groups in total. The van der Waals surface area contributed by atoms with Gasteiger partial charge in [0.25, 0.3) is 0 Å². The van der Waals surface area contributed by atoms with Gasteiger partial charge in [-0.3, -0.25) is 0 Å². The van der Waals surface area contributed by atoms with Crippen molar-refractivity contribution in [1.29, 1.82) is 0 Å². The normalized spacial score (nSPS) is 13.2. The molecule has 0 aliphatic rings. The van der Waals surface area contributed by atoms with E-state index in [0.717, 1.165) is 6.42 Å². The Labute approximate surface area is 103 Å². The van der Waals surface area contributed by atoms with Crippen molar-refractivity contribution in [3.05, 3.63) is 11.7 Å². The van der Waals surface area contributed by atoms with Crippen molar-refractivity contribution in [3.63, 3.8) is 0 Å². The molecule has 1 aromatic heterocycles. The summed E-state index contributed by atoms with van der Waals surface area (Å²) in [5, 5.41) is 3.94. The van der Waals surface area contributed by atoms with Crippen LogP contribution in [0.3, 0.4) is 0 Å². The van der Waals surface area contributed by atoms with Crippen LogP contribution < -0.4 is 5.73 Å². The molecule has 0 saturated carbocycles. The van der Waals surface area contributed by atoms with Gasteiger partial charge in [0.2, 0.25) is 5.89 Å². The van der Waals surface area contributed by atoms with Crippen molar-refractivity contribution in [2.75, 3.05) is 19.8 Å². The maximum Gasteiger partial charge on any atom is 0.231 e. The number of ether oxygens (including phenoxy) is 1. The van der Waals surface area contributed by atoms with E-state index in [0.29, 0.717) is 43.8 Å². The van der Waals surface area contributed by atoms with E-state index in [1.54, 1.807) is 0 Å². The molecule has 1 atom stereocenters. The lowest BCUT2D eigenvalue weighted by molar-refractivity contribution is 0.149. The summed E-state index contributed by atoms with van der Waals surface area (Å²) < 4.78 is 10.5. The van der Waals surface area contributed by atoms with E-state index in [9.17, 15) is 0 Å². The van der Waals surface area contributed by atoms with Crippen LogP contribution in [0.1, 0.15) is 44.8 Å². The second kappa shape index (κ2) is 7.40. The van der Waals surface area contributed by atoms with Gasteiger partial charge in [-0.1, -0.05) is 19.0 Å². The second-order valence-electron chi connectivity index (χ2n) is 4.56. The number of aromatic nitrogens is 2. The smallest absolute Gasteiger partial charge is 0.231 e. The number of nitrogens with two attached hydrogens (primary N) is 1. The Morgan fingerprint density at radius 1 is 1.41 bits per heavy atom. The van der Waals surface area contributed by atoms with Gasteiger partial charge in [0.05, 0.1) is 12.5 Å². The Morgan fingerprint density at radius 2 is 2.18 bits per heavy atom. The van der Waals surface area contributed by atoms with E-state index in [2.05, 4.69) is 24.0 Å². The Hall–Kier alpha value is -0.940. The van der Waals surface area contributed by atoms with Gasteiger partial charge in [-0.2, -0.15) is 4.98 Å². The quantitative estimate of drug-likeness (QED) is 0.702. The summed E-state index contributed by atoms with van der Waals surface area (Å²) in [6, 6.07) is 0. The standard InChI is InChI=1S/C12H23N3O2/c1-4-16-6-5-11-14-12(17-15-11)10(8-13)7-9(2)3/h9-10H,4-8,13H2,1-3H3. The van der Waals surface area contributed by atoms with E-state index in [4.69, 9.17) is 15.0 Å². The molecule has 0 aliphatic carbocycles. The van der Waals surface area contributed by atoms with Crippen LogP contribution in [0.5, 0.6) is 0 Å². The highest BCUT2D eigenvalue weighted by molar-refractivity contribution is 4.95. The molecule has 0 radical (unpaired) electrons. The van der Waals surface area contributed by atoms with Gasteiger partial charge in [0.15, 0.2) is 5.82 Å². The third-order valence-corrected chi connectivity index (χ3v) is 2.55. The zero-order valence-electron chi connectivity index (χ0n) is 11.0. The molecule has 5 nitrogen and oxygen atoms in total. The SMILES string of the molecule is CCOCCc1noc(C(CN)CC(C)C)n1. The highest BCUT2D eigenvalue weighted by Gasteiger charge is 2.18. The molecule has 0 amide bonds. The Balaban J connectivity index is 2.52. The van der Waals surface area contributed by atoms with E-state index in [1.165, 1.54) is 0 Å². The minimum absolute atomic E-state index is 0.170. The number of hydrogen-bond donors (Lipinski definition) is 1. The van der Waals surface area contributed by atoms with Crippen LogP contribution in [0.2, 0.25) is 0 Å². The largest absolute Gasteiger partial charge is 0.381 e. The van der Waals surface area contributed by atoms with Crippen molar-refractivity contribution in [2.24, 2.45) is 11.7 Å². The predicted octanol–water partition coefficient (Wildman–Crippen LogP) is 1.74. The number of rotatable bonds is 8. The topological polar surface area (TPSA) is 74.2 Å². The van der Waals surface area contributed by atoms with E-state index < -0.39 is 0 Å². The molecule has 17 heavy (non-hydrogen) atoms. The second-order valence-corrected chi connectivity index (χ2v) is 4.56. The van der Waals surface area contributed by atoms with Gasteiger partial charge in [-0.25, -0.2) is 0 Å². The molecule has 1 heterocycles. The van der Waals surface area contributed by atoms with Crippen molar-refractivity contribution in [1.82, 2.24) is 10.1 Å². The first kappa shape index (κ1) is 14.1. The monoisotopic (exact) mass is 241 g/mol. The Morgan fingerprint density at radius 3 is 2.76 bits per heavy atom. The molecule has 0 saturated heterocycles. The highest BCUT2D eigenvalue weighted by Crippen LogP contribution is 2.21. The van der Waals surface area contributed by atoms with Crippen molar-refractivity contribution >= 4 is 0 Å². The van der Waals surface area contributed by atoms with Gasteiger partial charge < -0.3 is 15.0 Å². The van der Waals surface area contributed by atoms with Crippen LogP contribution in [0.4, 0.5) is 0 Å². The van der Waals surface area contributed by atoms with Gasteiger partial charge in [-0.15, -0.1) is 0 Å². The van der Waals surface area contributed by atoms with Crippen molar-refractivity contribution in [3.8, 4) is 0 Å². The maximum atomic E-state index is 5.73. The first-order chi connectivity index (χ1) is 8.17. The van der Waals surface area contributed by atoms with Crippen molar-refractivity contribution in [2.45, 2.75) is 39.5 Å². The van der Waals surface area contributed by atoms with Gasteiger partial charge >= 0.3 is 0 Å². The number of nitrogens with zero attached hydrogens (tertiary/aromatic N) is 2. The summed E-state index contributed by atoms with van der Waals surface area (Å²) in [6.07, 6.45) is 1.67. The Kier molecular flexibility index (Phi) is 6.15. The average Bonchev–Trinajstić information content (AvgIpc) is 2.74. The van der Waals surface area contributed by atoms with Crippen molar-refractivity contribution < 1.29 is 9.26 Å². The third kappa shape index (κ3) is 4.83. The molecule has 0 fully saturated rings. The van der Waals surface area contributed by atoms with Crippen LogP contribution in [-0.2, 0) is 11.2 Å². The molecule has 0 bridgehead atoms. The zero-order valence-corrected chi connectivity index (χ0v) is 11.0. The van der Waals surface area contributed by atoms with Gasteiger partial charge in [0, 0.05) is 19.6 Å². The molecular formula is C12H23N3O2.